The van der Waals surface area contributed by atoms with Gasteiger partial charge in [0.15, 0.2) is 11.5 Å². The predicted molar refractivity (Wildman–Crippen MR) is 121 cm³/mol. The summed E-state index contributed by atoms with van der Waals surface area (Å²) >= 11 is 0. The molecule has 1 aliphatic heterocycles. The lowest BCUT2D eigenvalue weighted by atomic mass is 10.00. The summed E-state index contributed by atoms with van der Waals surface area (Å²) in [4.78, 5) is 13.3. The summed E-state index contributed by atoms with van der Waals surface area (Å²) in [5, 5.41) is 16.0. The Balaban J connectivity index is 1.80. The first-order valence-corrected chi connectivity index (χ1v) is 9.91. The number of benzene rings is 3. The number of hydrazone groups is 1. The highest BCUT2D eigenvalue weighted by Gasteiger charge is 2.32. The summed E-state index contributed by atoms with van der Waals surface area (Å²) < 4.78 is 10.7. The average Bonchev–Trinajstić information content (AvgIpc) is 3.13. The molecule has 0 aliphatic carbocycles. The number of rotatable bonds is 6. The zero-order valence-corrected chi connectivity index (χ0v) is 17.3. The topological polar surface area (TPSA) is 71.4 Å². The third-order valence-electron chi connectivity index (χ3n) is 4.84. The fourth-order valence-electron chi connectivity index (χ4n) is 3.31. The molecule has 6 nitrogen and oxygen atoms in total. The molecule has 4 rings (SSSR count). The van der Waals surface area contributed by atoms with E-state index < -0.39 is 0 Å². The molecule has 0 atom stereocenters. The number of phenolic OH excluding ortho intramolecular Hbond substituents is 1. The summed E-state index contributed by atoms with van der Waals surface area (Å²) in [5.74, 6) is 0.906. The smallest absolute Gasteiger partial charge is 0.281 e. The molecule has 0 spiro atoms. The van der Waals surface area contributed by atoms with Crippen molar-refractivity contribution in [1.82, 2.24) is 0 Å². The number of phenols is 1. The van der Waals surface area contributed by atoms with Crippen LogP contribution in [0.3, 0.4) is 0 Å². The highest BCUT2D eigenvalue weighted by molar-refractivity contribution is 6.37. The summed E-state index contributed by atoms with van der Waals surface area (Å²) in [6.45, 7) is 2.27. The third-order valence-corrected chi connectivity index (χ3v) is 4.84. The first kappa shape index (κ1) is 20.2. The second-order valence-corrected chi connectivity index (χ2v) is 6.85. The zero-order valence-electron chi connectivity index (χ0n) is 17.3. The minimum absolute atomic E-state index is 0.0525. The van der Waals surface area contributed by atoms with Crippen LogP contribution in [-0.4, -0.2) is 30.4 Å². The minimum atomic E-state index is -0.233. The van der Waals surface area contributed by atoms with Gasteiger partial charge in [-0.3, -0.25) is 4.79 Å². The molecule has 1 N–H and O–H groups in total. The number of anilines is 1. The highest BCUT2D eigenvalue weighted by Crippen LogP contribution is 2.31. The summed E-state index contributed by atoms with van der Waals surface area (Å²) in [5.41, 5.74) is 3.20. The Bertz CT molecular complexity index is 1150. The molecule has 1 amide bonds. The van der Waals surface area contributed by atoms with Crippen LogP contribution >= 0.6 is 0 Å². The van der Waals surface area contributed by atoms with Gasteiger partial charge in [0.05, 0.1) is 25.0 Å². The molecule has 0 saturated heterocycles. The van der Waals surface area contributed by atoms with E-state index in [1.165, 1.54) is 5.01 Å². The maximum Gasteiger partial charge on any atom is 0.281 e. The van der Waals surface area contributed by atoms with Crippen LogP contribution in [0.4, 0.5) is 5.69 Å². The van der Waals surface area contributed by atoms with Crippen molar-refractivity contribution in [3.8, 4) is 17.2 Å². The van der Waals surface area contributed by atoms with Crippen LogP contribution in [0, 0.1) is 0 Å². The van der Waals surface area contributed by atoms with Gasteiger partial charge in [0.25, 0.3) is 5.91 Å². The number of nitrogens with zero attached hydrogens (tertiary/aromatic N) is 2. The highest BCUT2D eigenvalue weighted by atomic mass is 16.5. The van der Waals surface area contributed by atoms with Crippen LogP contribution in [-0.2, 0) is 4.79 Å². The van der Waals surface area contributed by atoms with Crippen molar-refractivity contribution in [3.63, 3.8) is 0 Å². The Morgan fingerprint density at radius 2 is 1.77 bits per heavy atom. The van der Waals surface area contributed by atoms with Crippen LogP contribution in [0.1, 0.15) is 18.1 Å². The van der Waals surface area contributed by atoms with Gasteiger partial charge in [0, 0.05) is 5.56 Å². The Morgan fingerprint density at radius 1 is 1.03 bits per heavy atom. The summed E-state index contributed by atoms with van der Waals surface area (Å²) in [6, 6.07) is 21.7. The van der Waals surface area contributed by atoms with Crippen molar-refractivity contribution in [1.29, 1.82) is 0 Å². The number of methoxy groups -OCH3 is 1. The van der Waals surface area contributed by atoms with Crippen LogP contribution in [0.5, 0.6) is 17.2 Å². The van der Waals surface area contributed by atoms with Crippen molar-refractivity contribution in [3.05, 3.63) is 89.5 Å². The fraction of sp³-hybridized carbons (Fsp3) is 0.120. The van der Waals surface area contributed by atoms with E-state index in [4.69, 9.17) is 9.47 Å². The SMILES string of the molecule is CCOc1cc(C=C2C(=O)N(c3ccccc3)N=C2c2ccc(OC)cc2)ccc1O. The number of carbonyl (C=O) groups is 1. The van der Waals surface area contributed by atoms with Gasteiger partial charge in [-0.15, -0.1) is 0 Å². The number of para-hydroxylation sites is 1. The van der Waals surface area contributed by atoms with Gasteiger partial charge in [-0.2, -0.15) is 10.1 Å². The van der Waals surface area contributed by atoms with Crippen molar-refractivity contribution in [2.75, 3.05) is 18.7 Å². The predicted octanol–water partition coefficient (Wildman–Crippen LogP) is 4.63. The molecule has 3 aromatic rings. The first-order valence-electron chi connectivity index (χ1n) is 9.91. The fourth-order valence-corrected chi connectivity index (χ4v) is 3.31. The number of amides is 1. The van der Waals surface area contributed by atoms with E-state index in [2.05, 4.69) is 5.10 Å². The van der Waals surface area contributed by atoms with Gasteiger partial charge >= 0.3 is 0 Å². The Kier molecular flexibility index (Phi) is 5.71. The molecule has 31 heavy (non-hydrogen) atoms. The molecular formula is C25H22N2O4. The first-order chi connectivity index (χ1) is 15.1. The Morgan fingerprint density at radius 3 is 2.45 bits per heavy atom. The number of ether oxygens (including phenoxy) is 2. The maximum absolute atomic E-state index is 13.3. The molecule has 0 unspecified atom stereocenters. The number of carbonyl (C=O) groups excluding carboxylic acids is 1. The average molecular weight is 414 g/mol. The molecule has 1 heterocycles. The monoisotopic (exact) mass is 414 g/mol. The van der Waals surface area contributed by atoms with E-state index >= 15 is 0 Å². The van der Waals surface area contributed by atoms with E-state index in [1.807, 2.05) is 61.5 Å². The molecule has 156 valence electrons. The molecule has 1 aliphatic rings. The Labute approximate surface area is 180 Å². The number of hydrogen-bond donors (Lipinski definition) is 1. The molecule has 0 fully saturated rings. The number of hydrogen-bond acceptors (Lipinski definition) is 5. The lowest BCUT2D eigenvalue weighted by Gasteiger charge is -2.11. The zero-order chi connectivity index (χ0) is 21.8. The van der Waals surface area contributed by atoms with Crippen LogP contribution in [0.25, 0.3) is 6.08 Å². The van der Waals surface area contributed by atoms with Gasteiger partial charge in [0.1, 0.15) is 11.5 Å². The van der Waals surface area contributed by atoms with Crippen LogP contribution in [0.15, 0.2) is 83.5 Å². The van der Waals surface area contributed by atoms with Gasteiger partial charge in [-0.1, -0.05) is 24.3 Å². The van der Waals surface area contributed by atoms with E-state index in [1.54, 1.807) is 31.4 Å². The second kappa shape index (κ2) is 8.75. The molecular weight excluding hydrogens is 392 g/mol. The van der Waals surface area contributed by atoms with Crippen molar-refractivity contribution < 1.29 is 19.4 Å². The van der Waals surface area contributed by atoms with Crippen molar-refractivity contribution in [2.24, 2.45) is 5.10 Å². The van der Waals surface area contributed by atoms with E-state index in [9.17, 15) is 9.90 Å². The Hall–Kier alpha value is -4.06. The van der Waals surface area contributed by atoms with Gasteiger partial charge in [-0.25, -0.2) is 0 Å². The van der Waals surface area contributed by atoms with E-state index in [0.29, 0.717) is 29.3 Å². The summed E-state index contributed by atoms with van der Waals surface area (Å²) in [6.07, 6.45) is 1.76. The molecule has 3 aromatic carbocycles. The van der Waals surface area contributed by atoms with Gasteiger partial charge < -0.3 is 14.6 Å². The molecule has 6 heteroatoms. The normalized spacial score (nSPS) is 14.6. The number of aromatic hydroxyl groups is 1. The molecule has 0 saturated carbocycles. The molecule has 0 bridgehead atoms. The van der Waals surface area contributed by atoms with Crippen molar-refractivity contribution in [2.45, 2.75) is 6.92 Å². The largest absolute Gasteiger partial charge is 0.504 e. The van der Waals surface area contributed by atoms with E-state index in [0.717, 1.165) is 16.9 Å². The molecule has 0 radical (unpaired) electrons. The maximum atomic E-state index is 13.3. The standard InChI is InChI=1S/C25H22N2O4/c1-3-31-23-16-17(9-14-22(23)28)15-21-24(18-10-12-20(30-2)13-11-18)26-27(25(21)29)19-7-5-4-6-8-19/h4-16,28H,3H2,1-2H3. The van der Waals surface area contributed by atoms with E-state index in [-0.39, 0.29) is 11.7 Å². The third kappa shape index (κ3) is 4.14. The lowest BCUT2D eigenvalue weighted by molar-refractivity contribution is -0.114. The van der Waals surface area contributed by atoms with Gasteiger partial charge in [-0.05, 0) is 67.1 Å². The van der Waals surface area contributed by atoms with Crippen LogP contribution < -0.4 is 14.5 Å². The second-order valence-electron chi connectivity index (χ2n) is 6.85. The van der Waals surface area contributed by atoms with Crippen LogP contribution in [0.2, 0.25) is 0 Å². The lowest BCUT2D eigenvalue weighted by Crippen LogP contribution is -2.21. The quantitative estimate of drug-likeness (QED) is 0.597. The summed E-state index contributed by atoms with van der Waals surface area (Å²) in [7, 11) is 1.61. The minimum Gasteiger partial charge on any atom is -0.504 e. The van der Waals surface area contributed by atoms with Crippen molar-refractivity contribution >= 4 is 23.4 Å². The van der Waals surface area contributed by atoms with Gasteiger partial charge in [0.2, 0.25) is 0 Å². The molecule has 0 aromatic heterocycles.